The number of esters is 2. The van der Waals surface area contributed by atoms with E-state index in [1.54, 1.807) is 12.2 Å². The van der Waals surface area contributed by atoms with Crippen LogP contribution in [0.5, 0.6) is 0 Å². The van der Waals surface area contributed by atoms with Crippen molar-refractivity contribution < 1.29 is 61.6 Å². The van der Waals surface area contributed by atoms with Crippen molar-refractivity contribution in [2.75, 3.05) is 13.2 Å². The molecule has 0 spiro atoms. The van der Waals surface area contributed by atoms with Gasteiger partial charge in [0.05, 0.1) is 16.0 Å². The number of hydrogen-bond acceptors (Lipinski definition) is 7. The third-order valence-electron chi connectivity index (χ3n) is 11.6. The fraction of sp³-hybridized carbons (Fsp3) is 0.769. The molecular formula is C52H89NaO7S. The molecule has 0 aromatic heterocycles. The fourth-order valence-corrected chi connectivity index (χ4v) is 8.55. The summed E-state index contributed by atoms with van der Waals surface area (Å²) in [4.78, 5) is 25.2. The Morgan fingerprint density at radius 3 is 1.07 bits per heavy atom. The molecule has 346 valence electrons. The molecule has 0 saturated carbocycles. The summed E-state index contributed by atoms with van der Waals surface area (Å²) in [5.41, 5.74) is -0.877. The van der Waals surface area contributed by atoms with E-state index >= 15 is 0 Å². The molecule has 0 N–H and O–H groups in total. The minimum atomic E-state index is -5.05. The third kappa shape index (κ3) is 35.6. The second-order valence-corrected chi connectivity index (χ2v) is 18.5. The molecule has 0 unspecified atom stereocenters. The Morgan fingerprint density at radius 1 is 0.459 bits per heavy atom. The number of hydrogen-bond donors (Lipinski definition) is 0. The normalized spacial score (nSPS) is 11.7. The van der Waals surface area contributed by atoms with Gasteiger partial charge in [-0.2, -0.15) is 0 Å². The molecule has 0 fully saturated rings. The predicted octanol–water partition coefficient (Wildman–Crippen LogP) is 13.1. The molecule has 0 aliphatic carbocycles. The van der Waals surface area contributed by atoms with Crippen LogP contribution >= 0.6 is 0 Å². The van der Waals surface area contributed by atoms with Gasteiger partial charge in [-0.25, -0.2) is 18.0 Å². The van der Waals surface area contributed by atoms with Gasteiger partial charge in [0.15, 0.2) is 0 Å². The Labute approximate surface area is 397 Å². The van der Waals surface area contributed by atoms with Crippen LogP contribution in [0.3, 0.4) is 0 Å². The Kier molecular flexibility index (Phi) is 42.7. The Bertz CT molecular complexity index is 1340. The zero-order valence-corrected chi connectivity index (χ0v) is 42.5. The van der Waals surface area contributed by atoms with Gasteiger partial charge in [-0.15, -0.1) is 0 Å². The van der Waals surface area contributed by atoms with Crippen molar-refractivity contribution in [3.8, 4) is 0 Å². The van der Waals surface area contributed by atoms with E-state index in [9.17, 15) is 22.6 Å². The Balaban J connectivity index is 0.0000360. The van der Waals surface area contributed by atoms with Gasteiger partial charge in [0.2, 0.25) is 0 Å². The van der Waals surface area contributed by atoms with Crippen LogP contribution in [-0.4, -0.2) is 38.1 Å². The molecule has 0 aliphatic heterocycles. The van der Waals surface area contributed by atoms with E-state index in [2.05, 4.69) is 13.8 Å². The van der Waals surface area contributed by atoms with E-state index in [1.165, 1.54) is 211 Å². The summed E-state index contributed by atoms with van der Waals surface area (Å²) in [7, 11) is -5.05. The fourth-order valence-electron chi connectivity index (χ4n) is 7.86. The Morgan fingerprint density at radius 2 is 0.754 bits per heavy atom. The summed E-state index contributed by atoms with van der Waals surface area (Å²) < 4.78 is 46.7. The van der Waals surface area contributed by atoms with E-state index in [4.69, 9.17) is 9.47 Å². The van der Waals surface area contributed by atoms with Gasteiger partial charge in [0.1, 0.15) is 23.3 Å². The number of allylic oxidation sites excluding steroid dienone is 2. The number of rotatable bonds is 43. The summed E-state index contributed by atoms with van der Waals surface area (Å²) in [6.07, 6.45) is 54.3. The average molecular weight is 881 g/mol. The molecule has 0 amide bonds. The molecule has 1 rings (SSSR count). The SMILES string of the molecule is CCCCCCCCCCCCCCCCCCC/C=C/COC(=O)c1cccc(S(=O)(=O)[O-])c1C(=O)OC/C=C/CCCCCCCCCCCCCCCCCCC.[Na+]. The summed E-state index contributed by atoms with van der Waals surface area (Å²) in [6.45, 7) is 4.42. The quantitative estimate of drug-likeness (QED) is 0.0211. The first-order chi connectivity index (χ1) is 29.3. The van der Waals surface area contributed by atoms with Crippen molar-refractivity contribution in [2.45, 2.75) is 250 Å². The minimum absolute atomic E-state index is 0. The first-order valence-electron chi connectivity index (χ1n) is 25.1. The summed E-state index contributed by atoms with van der Waals surface area (Å²) >= 11 is 0. The molecule has 61 heavy (non-hydrogen) atoms. The Hall–Kier alpha value is -1.45. The number of carbonyl (C=O) groups is 2. The molecule has 7 nitrogen and oxygen atoms in total. The number of ether oxygens (including phenoxy) is 2. The van der Waals surface area contributed by atoms with Crippen LogP contribution < -0.4 is 29.6 Å². The molecule has 9 heteroatoms. The topological polar surface area (TPSA) is 110 Å². The monoisotopic (exact) mass is 881 g/mol. The first-order valence-corrected chi connectivity index (χ1v) is 26.5. The molecule has 0 bridgehead atoms. The molecule has 0 atom stereocenters. The zero-order chi connectivity index (χ0) is 43.6. The third-order valence-corrected chi connectivity index (χ3v) is 12.5. The molecule has 0 radical (unpaired) electrons. The second-order valence-electron chi connectivity index (χ2n) is 17.2. The molecule has 0 saturated heterocycles. The van der Waals surface area contributed by atoms with Crippen molar-refractivity contribution in [3.63, 3.8) is 0 Å². The van der Waals surface area contributed by atoms with Crippen LogP contribution in [-0.2, 0) is 19.6 Å². The van der Waals surface area contributed by atoms with Crippen LogP contribution in [0.25, 0.3) is 0 Å². The van der Waals surface area contributed by atoms with E-state index in [0.717, 1.165) is 38.2 Å². The van der Waals surface area contributed by atoms with Gasteiger partial charge in [0.25, 0.3) is 0 Å². The van der Waals surface area contributed by atoms with E-state index in [0.29, 0.717) is 0 Å². The maximum absolute atomic E-state index is 13.0. The first kappa shape index (κ1) is 59.5. The summed E-state index contributed by atoms with van der Waals surface area (Å²) in [5.74, 6) is -1.93. The van der Waals surface area contributed by atoms with Crippen LogP contribution in [0.15, 0.2) is 47.4 Å². The van der Waals surface area contributed by atoms with Gasteiger partial charge in [-0.1, -0.05) is 250 Å². The van der Waals surface area contributed by atoms with Crippen molar-refractivity contribution in [2.24, 2.45) is 0 Å². The van der Waals surface area contributed by atoms with Gasteiger partial charge in [-0.05, 0) is 37.8 Å². The standard InChI is InChI=1S/C52H90O7S.Na/c1-3-5-7-9-11-13-15-17-19-21-23-25-27-29-31-33-35-37-39-41-46-58-51(53)48-44-43-45-49(60(55,56)57)50(48)52(54)59-47-42-40-38-36-34-32-30-28-26-24-22-20-18-16-14-12-10-8-6-4-2;/h39-45H,3-38,46-47H2,1-2H3,(H,55,56,57);/q;+1/p-1/b41-39+,42-40+;. The van der Waals surface area contributed by atoms with Crippen LogP contribution in [0.4, 0.5) is 0 Å². The number of benzene rings is 1. The van der Waals surface area contributed by atoms with Crippen LogP contribution in [0.1, 0.15) is 266 Å². The molecule has 1 aromatic carbocycles. The minimum Gasteiger partial charge on any atom is -0.744 e. The van der Waals surface area contributed by atoms with Gasteiger partial charge >= 0.3 is 41.5 Å². The van der Waals surface area contributed by atoms with E-state index in [1.807, 2.05) is 12.2 Å². The van der Waals surface area contributed by atoms with Crippen molar-refractivity contribution >= 4 is 22.1 Å². The smallest absolute Gasteiger partial charge is 0.744 e. The second kappa shape index (κ2) is 43.8. The molecule has 0 aliphatic rings. The molecule has 0 heterocycles. The predicted molar refractivity (Wildman–Crippen MR) is 251 cm³/mol. The van der Waals surface area contributed by atoms with Gasteiger partial charge in [-0.3, -0.25) is 0 Å². The van der Waals surface area contributed by atoms with E-state index < -0.39 is 32.5 Å². The molecular weight excluding hydrogens is 792 g/mol. The maximum Gasteiger partial charge on any atom is 1.00 e. The van der Waals surface area contributed by atoms with Crippen LogP contribution in [0.2, 0.25) is 0 Å². The largest absolute Gasteiger partial charge is 1.00 e. The zero-order valence-electron chi connectivity index (χ0n) is 39.7. The number of carbonyl (C=O) groups excluding carboxylic acids is 2. The van der Waals surface area contributed by atoms with Crippen LogP contribution in [0, 0.1) is 0 Å². The van der Waals surface area contributed by atoms with Gasteiger partial charge in [0, 0.05) is 0 Å². The van der Waals surface area contributed by atoms with E-state index in [-0.39, 0.29) is 48.3 Å². The maximum atomic E-state index is 13.0. The van der Waals surface area contributed by atoms with Crippen molar-refractivity contribution in [1.82, 2.24) is 0 Å². The van der Waals surface area contributed by atoms with Gasteiger partial charge < -0.3 is 14.0 Å². The summed E-state index contributed by atoms with van der Waals surface area (Å²) in [6, 6.07) is 3.55. The number of unbranched alkanes of at least 4 members (excludes halogenated alkanes) is 34. The average Bonchev–Trinajstić information content (AvgIpc) is 3.24. The van der Waals surface area contributed by atoms with Crippen molar-refractivity contribution in [3.05, 3.63) is 53.6 Å². The van der Waals surface area contributed by atoms with Crippen molar-refractivity contribution in [1.29, 1.82) is 0 Å². The summed E-state index contributed by atoms with van der Waals surface area (Å²) in [5, 5.41) is 0. The molecule has 1 aromatic rings.